The Bertz CT molecular complexity index is 464. The maximum atomic E-state index is 10.2. The first-order valence-electron chi connectivity index (χ1n) is 4.85. The third-order valence-electron chi connectivity index (χ3n) is 2.52. The van der Waals surface area contributed by atoms with E-state index in [0.717, 1.165) is 21.6 Å². The summed E-state index contributed by atoms with van der Waals surface area (Å²) in [5, 5.41) is 10.2. The Labute approximate surface area is 93.4 Å². The molecule has 0 aliphatic carbocycles. The molecule has 1 aromatic heterocycles. The van der Waals surface area contributed by atoms with Crippen LogP contribution in [0, 0.1) is 13.8 Å². The Morgan fingerprint density at radius 1 is 1.20 bits per heavy atom. The lowest BCUT2D eigenvalue weighted by Gasteiger charge is -2.12. The molecule has 1 unspecified atom stereocenters. The SMILES string of the molecule is Cc1ccccc1C(O)c1sncc1C. The highest BCUT2D eigenvalue weighted by Gasteiger charge is 2.16. The van der Waals surface area contributed by atoms with Crippen molar-refractivity contribution in [3.63, 3.8) is 0 Å². The number of hydrogen-bond donors (Lipinski definition) is 1. The van der Waals surface area contributed by atoms with E-state index in [2.05, 4.69) is 4.37 Å². The molecule has 1 N–H and O–H groups in total. The molecule has 0 spiro atoms. The van der Waals surface area contributed by atoms with Gasteiger partial charge in [0, 0.05) is 6.20 Å². The van der Waals surface area contributed by atoms with E-state index in [0.29, 0.717) is 0 Å². The Kier molecular flexibility index (Phi) is 2.84. The van der Waals surface area contributed by atoms with Gasteiger partial charge in [0.15, 0.2) is 0 Å². The zero-order valence-corrected chi connectivity index (χ0v) is 9.58. The zero-order valence-electron chi connectivity index (χ0n) is 8.77. The van der Waals surface area contributed by atoms with Crippen LogP contribution in [-0.4, -0.2) is 9.48 Å². The van der Waals surface area contributed by atoms with Crippen LogP contribution in [0.25, 0.3) is 0 Å². The van der Waals surface area contributed by atoms with Crippen molar-refractivity contribution in [3.8, 4) is 0 Å². The van der Waals surface area contributed by atoms with E-state index in [4.69, 9.17) is 0 Å². The summed E-state index contributed by atoms with van der Waals surface area (Å²) in [6.07, 6.45) is 1.25. The topological polar surface area (TPSA) is 33.1 Å². The van der Waals surface area contributed by atoms with Gasteiger partial charge in [-0.1, -0.05) is 24.3 Å². The molecule has 0 saturated heterocycles. The molecule has 2 nitrogen and oxygen atoms in total. The van der Waals surface area contributed by atoms with Crippen molar-refractivity contribution in [2.24, 2.45) is 0 Å². The third kappa shape index (κ3) is 1.94. The molecule has 0 saturated carbocycles. The van der Waals surface area contributed by atoms with Crippen LogP contribution < -0.4 is 0 Å². The van der Waals surface area contributed by atoms with E-state index in [-0.39, 0.29) is 0 Å². The maximum absolute atomic E-state index is 10.2. The van der Waals surface area contributed by atoms with Crippen molar-refractivity contribution in [1.29, 1.82) is 0 Å². The summed E-state index contributed by atoms with van der Waals surface area (Å²) in [5.74, 6) is 0. The monoisotopic (exact) mass is 219 g/mol. The minimum atomic E-state index is -0.543. The predicted molar refractivity (Wildman–Crippen MR) is 62.1 cm³/mol. The van der Waals surface area contributed by atoms with Crippen LogP contribution in [0.4, 0.5) is 0 Å². The van der Waals surface area contributed by atoms with Crippen molar-refractivity contribution in [3.05, 3.63) is 52.0 Å². The van der Waals surface area contributed by atoms with E-state index in [9.17, 15) is 5.11 Å². The quantitative estimate of drug-likeness (QED) is 0.842. The summed E-state index contributed by atoms with van der Waals surface area (Å²) in [5.41, 5.74) is 3.12. The largest absolute Gasteiger partial charge is 0.383 e. The molecule has 78 valence electrons. The van der Waals surface area contributed by atoms with Crippen molar-refractivity contribution < 1.29 is 5.11 Å². The number of aromatic nitrogens is 1. The van der Waals surface area contributed by atoms with Crippen molar-refractivity contribution in [2.45, 2.75) is 20.0 Å². The van der Waals surface area contributed by atoms with Gasteiger partial charge in [0.1, 0.15) is 6.10 Å². The van der Waals surface area contributed by atoms with Gasteiger partial charge in [-0.15, -0.1) is 0 Å². The van der Waals surface area contributed by atoms with Gasteiger partial charge < -0.3 is 5.11 Å². The zero-order chi connectivity index (χ0) is 10.8. The van der Waals surface area contributed by atoms with Crippen LogP contribution in [-0.2, 0) is 0 Å². The molecule has 2 rings (SSSR count). The molecule has 0 amide bonds. The Balaban J connectivity index is 2.41. The summed E-state index contributed by atoms with van der Waals surface area (Å²) in [6.45, 7) is 3.98. The minimum Gasteiger partial charge on any atom is -0.383 e. The number of benzene rings is 1. The van der Waals surface area contributed by atoms with Gasteiger partial charge in [-0.3, -0.25) is 0 Å². The fourth-order valence-electron chi connectivity index (χ4n) is 1.60. The summed E-state index contributed by atoms with van der Waals surface area (Å²) in [7, 11) is 0. The highest BCUT2D eigenvalue weighted by molar-refractivity contribution is 7.06. The number of rotatable bonds is 2. The molecular weight excluding hydrogens is 206 g/mol. The van der Waals surface area contributed by atoms with Crippen LogP contribution >= 0.6 is 11.5 Å². The molecular formula is C12H13NOS. The number of nitrogens with zero attached hydrogens (tertiary/aromatic N) is 1. The van der Waals surface area contributed by atoms with Gasteiger partial charge in [0.2, 0.25) is 0 Å². The molecule has 1 heterocycles. The second-order valence-electron chi connectivity index (χ2n) is 3.63. The first-order valence-corrected chi connectivity index (χ1v) is 5.62. The van der Waals surface area contributed by atoms with Gasteiger partial charge in [-0.05, 0) is 42.1 Å². The number of aliphatic hydroxyl groups is 1. The second kappa shape index (κ2) is 4.13. The van der Waals surface area contributed by atoms with Crippen molar-refractivity contribution in [1.82, 2.24) is 4.37 Å². The molecule has 1 aromatic carbocycles. The molecule has 15 heavy (non-hydrogen) atoms. The Morgan fingerprint density at radius 2 is 1.93 bits per heavy atom. The minimum absolute atomic E-state index is 0.543. The molecule has 2 aromatic rings. The Morgan fingerprint density at radius 3 is 2.53 bits per heavy atom. The summed E-state index contributed by atoms with van der Waals surface area (Å²) in [4.78, 5) is 0.935. The van der Waals surface area contributed by atoms with Gasteiger partial charge in [0.25, 0.3) is 0 Å². The van der Waals surface area contributed by atoms with Crippen LogP contribution in [0.3, 0.4) is 0 Å². The van der Waals surface area contributed by atoms with E-state index in [1.807, 2.05) is 38.1 Å². The lowest BCUT2D eigenvalue weighted by atomic mass is 10.0. The van der Waals surface area contributed by atoms with Crippen LogP contribution in [0.2, 0.25) is 0 Å². The van der Waals surface area contributed by atoms with Crippen molar-refractivity contribution >= 4 is 11.5 Å². The van der Waals surface area contributed by atoms with E-state index < -0.39 is 6.10 Å². The molecule has 0 fully saturated rings. The molecule has 0 radical (unpaired) electrons. The number of aliphatic hydroxyl groups excluding tert-OH is 1. The predicted octanol–water partition coefficient (Wildman–Crippen LogP) is 2.84. The van der Waals surface area contributed by atoms with Gasteiger partial charge >= 0.3 is 0 Å². The summed E-state index contributed by atoms with van der Waals surface area (Å²) in [6, 6.07) is 7.89. The highest BCUT2D eigenvalue weighted by Crippen LogP contribution is 2.29. The second-order valence-corrected chi connectivity index (χ2v) is 4.47. The van der Waals surface area contributed by atoms with E-state index in [1.165, 1.54) is 11.5 Å². The van der Waals surface area contributed by atoms with E-state index in [1.54, 1.807) is 6.20 Å². The van der Waals surface area contributed by atoms with Crippen LogP contribution in [0.15, 0.2) is 30.5 Å². The third-order valence-corrected chi connectivity index (χ3v) is 3.47. The van der Waals surface area contributed by atoms with Gasteiger partial charge in [-0.25, -0.2) is 4.37 Å². The van der Waals surface area contributed by atoms with Gasteiger partial charge in [0.05, 0.1) is 4.88 Å². The lowest BCUT2D eigenvalue weighted by molar-refractivity contribution is 0.222. The average molecular weight is 219 g/mol. The number of hydrogen-bond acceptors (Lipinski definition) is 3. The first kappa shape index (κ1) is 10.3. The standard InChI is InChI=1S/C12H13NOS/c1-8-5-3-4-6-10(8)11(14)12-9(2)7-13-15-12/h3-7,11,14H,1-2H3. The fraction of sp³-hybridized carbons (Fsp3) is 0.250. The molecule has 0 aliphatic rings. The normalized spacial score (nSPS) is 12.7. The van der Waals surface area contributed by atoms with Crippen molar-refractivity contribution in [2.75, 3.05) is 0 Å². The molecule has 1 atom stereocenters. The number of aryl methyl sites for hydroxylation is 2. The molecule has 0 aliphatic heterocycles. The van der Waals surface area contributed by atoms with Gasteiger partial charge in [-0.2, -0.15) is 0 Å². The lowest BCUT2D eigenvalue weighted by Crippen LogP contribution is -2.00. The highest BCUT2D eigenvalue weighted by atomic mass is 32.1. The Hall–Kier alpha value is -1.19. The average Bonchev–Trinajstić information content (AvgIpc) is 2.64. The summed E-state index contributed by atoms with van der Waals surface area (Å²) < 4.78 is 4.08. The molecule has 3 heteroatoms. The van der Waals surface area contributed by atoms with E-state index >= 15 is 0 Å². The maximum Gasteiger partial charge on any atom is 0.115 e. The van der Waals surface area contributed by atoms with Crippen LogP contribution in [0.5, 0.6) is 0 Å². The van der Waals surface area contributed by atoms with Crippen LogP contribution in [0.1, 0.15) is 27.7 Å². The fourth-order valence-corrected chi connectivity index (χ4v) is 2.35. The molecule has 0 bridgehead atoms. The summed E-state index contributed by atoms with van der Waals surface area (Å²) >= 11 is 1.36. The smallest absolute Gasteiger partial charge is 0.115 e. The first-order chi connectivity index (χ1) is 7.20.